The highest BCUT2D eigenvalue weighted by Crippen LogP contribution is 2.20. The van der Waals surface area contributed by atoms with Crippen LogP contribution < -0.4 is 5.43 Å². The molecule has 40 valence electrons. The van der Waals surface area contributed by atoms with Gasteiger partial charge in [-0.3, -0.25) is 5.43 Å². The van der Waals surface area contributed by atoms with Crippen LogP contribution in [-0.4, -0.2) is 24.1 Å². The summed E-state index contributed by atoms with van der Waals surface area (Å²) in [6, 6.07) is 0.863. The predicted molar refractivity (Wildman–Crippen MR) is 27.7 cm³/mol. The first-order chi connectivity index (χ1) is 3.45. The molecule has 2 fully saturated rings. The minimum Gasteiger partial charge on any atom is -0.252 e. The van der Waals surface area contributed by atoms with Gasteiger partial charge in [-0.25, -0.2) is 5.01 Å². The Morgan fingerprint density at radius 3 is 2.43 bits per heavy atom. The summed E-state index contributed by atoms with van der Waals surface area (Å²) < 4.78 is 0. The van der Waals surface area contributed by atoms with E-state index in [0.29, 0.717) is 0 Å². The molecule has 0 radical (unpaired) electrons. The van der Waals surface area contributed by atoms with Crippen molar-refractivity contribution in [2.24, 2.45) is 0 Å². The second-order valence-corrected chi connectivity index (χ2v) is 2.39. The number of hydrogen-bond donors (Lipinski definition) is 1. The van der Waals surface area contributed by atoms with Crippen LogP contribution in [0.1, 0.15) is 12.8 Å². The van der Waals surface area contributed by atoms with Crippen molar-refractivity contribution in [2.45, 2.75) is 18.9 Å². The van der Waals surface area contributed by atoms with E-state index in [2.05, 4.69) is 10.4 Å². The Labute approximate surface area is 43.5 Å². The Morgan fingerprint density at radius 2 is 2.00 bits per heavy atom. The van der Waals surface area contributed by atoms with E-state index >= 15 is 0 Å². The fourth-order valence-corrected chi connectivity index (χ4v) is 0.650. The molecule has 2 rings (SSSR count). The van der Waals surface area contributed by atoms with Gasteiger partial charge >= 0.3 is 0 Å². The Balaban J connectivity index is 1.69. The summed E-state index contributed by atoms with van der Waals surface area (Å²) in [6.45, 7) is 2.55. The Hall–Kier alpha value is -0.0800. The van der Waals surface area contributed by atoms with Gasteiger partial charge in [0.25, 0.3) is 0 Å². The second-order valence-electron chi connectivity index (χ2n) is 2.39. The third-order valence-corrected chi connectivity index (χ3v) is 1.39. The lowest BCUT2D eigenvalue weighted by atomic mass is 10.8. The molecule has 1 aliphatic carbocycles. The molecule has 1 saturated carbocycles. The largest absolute Gasteiger partial charge is 0.252 e. The maximum atomic E-state index is 3.36. The van der Waals surface area contributed by atoms with Crippen molar-refractivity contribution >= 4 is 0 Å². The van der Waals surface area contributed by atoms with Gasteiger partial charge in [0.15, 0.2) is 0 Å². The maximum Gasteiger partial charge on any atom is 0.0273 e. The molecule has 0 spiro atoms. The molecule has 1 heterocycles. The fourth-order valence-electron chi connectivity index (χ4n) is 0.650. The third kappa shape index (κ3) is 0.924. The van der Waals surface area contributed by atoms with Gasteiger partial charge in [0.05, 0.1) is 0 Å². The molecule has 0 amide bonds. The molecular formula is C5H10N2. The quantitative estimate of drug-likeness (QED) is 0.488. The number of nitrogens with zero attached hydrogens (tertiary/aromatic N) is 1. The summed E-state index contributed by atoms with van der Waals surface area (Å²) in [5.74, 6) is 0. The van der Waals surface area contributed by atoms with Gasteiger partial charge in [0.2, 0.25) is 0 Å². The highest BCUT2D eigenvalue weighted by Gasteiger charge is 2.27. The third-order valence-electron chi connectivity index (χ3n) is 1.39. The standard InChI is InChI=1S/C5H10N2/c1-2-5(1)6-7-3-4-7/h5-6H,1-4H2. The molecule has 0 bridgehead atoms. The summed E-state index contributed by atoms with van der Waals surface area (Å²) in [4.78, 5) is 0. The minimum atomic E-state index is 0.863. The predicted octanol–water partition coefficient (Wildman–Crippen LogP) is -0.0310. The molecule has 1 saturated heterocycles. The van der Waals surface area contributed by atoms with Gasteiger partial charge in [0.1, 0.15) is 0 Å². The van der Waals surface area contributed by atoms with E-state index in [1.165, 1.54) is 25.9 Å². The van der Waals surface area contributed by atoms with Gasteiger partial charge in [-0.05, 0) is 12.8 Å². The normalized spacial score (nSPS) is 30.9. The molecule has 0 aromatic rings. The molecular weight excluding hydrogens is 88.1 g/mol. The van der Waals surface area contributed by atoms with Crippen LogP contribution in [0.25, 0.3) is 0 Å². The lowest BCUT2D eigenvalue weighted by molar-refractivity contribution is 0.399. The average molecular weight is 98.1 g/mol. The van der Waals surface area contributed by atoms with Crippen molar-refractivity contribution in [1.82, 2.24) is 10.4 Å². The zero-order valence-electron chi connectivity index (χ0n) is 4.35. The molecule has 0 unspecified atom stereocenters. The van der Waals surface area contributed by atoms with Crippen molar-refractivity contribution < 1.29 is 0 Å². The summed E-state index contributed by atoms with van der Waals surface area (Å²) in [5, 5.41) is 2.26. The SMILES string of the molecule is C1CC1NN1CC1. The maximum absolute atomic E-state index is 3.36. The lowest BCUT2D eigenvalue weighted by Crippen LogP contribution is -2.22. The first kappa shape index (κ1) is 3.87. The van der Waals surface area contributed by atoms with Gasteiger partial charge in [0, 0.05) is 19.1 Å². The van der Waals surface area contributed by atoms with Gasteiger partial charge in [-0.1, -0.05) is 0 Å². The van der Waals surface area contributed by atoms with Gasteiger partial charge < -0.3 is 0 Å². The molecule has 1 N–H and O–H groups in total. The van der Waals surface area contributed by atoms with E-state index in [9.17, 15) is 0 Å². The summed E-state index contributed by atoms with van der Waals surface area (Å²) in [6.07, 6.45) is 2.80. The van der Waals surface area contributed by atoms with E-state index in [4.69, 9.17) is 0 Å². The highest BCUT2D eigenvalue weighted by atomic mass is 15.6. The molecule has 7 heavy (non-hydrogen) atoms. The topological polar surface area (TPSA) is 15.0 Å². The summed E-state index contributed by atoms with van der Waals surface area (Å²) in [7, 11) is 0. The lowest BCUT2D eigenvalue weighted by Gasteiger charge is -1.96. The number of hydrazine groups is 1. The first-order valence-corrected chi connectivity index (χ1v) is 2.96. The van der Waals surface area contributed by atoms with Crippen molar-refractivity contribution in [1.29, 1.82) is 0 Å². The molecule has 1 aliphatic heterocycles. The fraction of sp³-hybridized carbons (Fsp3) is 1.00. The van der Waals surface area contributed by atoms with Crippen LogP contribution in [0.15, 0.2) is 0 Å². The number of hydrogen-bond acceptors (Lipinski definition) is 2. The Morgan fingerprint density at radius 1 is 1.29 bits per heavy atom. The van der Waals surface area contributed by atoms with Crippen LogP contribution in [0.5, 0.6) is 0 Å². The van der Waals surface area contributed by atoms with E-state index < -0.39 is 0 Å². The summed E-state index contributed by atoms with van der Waals surface area (Å²) in [5.41, 5.74) is 3.36. The van der Waals surface area contributed by atoms with Crippen molar-refractivity contribution in [3.05, 3.63) is 0 Å². The second kappa shape index (κ2) is 1.20. The molecule has 0 aromatic carbocycles. The van der Waals surface area contributed by atoms with Crippen LogP contribution in [0, 0.1) is 0 Å². The Kier molecular flexibility index (Phi) is 0.664. The minimum absolute atomic E-state index is 0.863. The van der Waals surface area contributed by atoms with Crippen molar-refractivity contribution in [3.8, 4) is 0 Å². The van der Waals surface area contributed by atoms with Crippen molar-refractivity contribution in [2.75, 3.05) is 13.1 Å². The van der Waals surface area contributed by atoms with E-state index in [1.807, 2.05) is 0 Å². The average Bonchev–Trinajstić information content (AvgIpc) is 2.33. The van der Waals surface area contributed by atoms with Crippen LogP contribution in [0.3, 0.4) is 0 Å². The van der Waals surface area contributed by atoms with Gasteiger partial charge in [-0.2, -0.15) is 0 Å². The highest BCUT2D eigenvalue weighted by molar-refractivity contribution is 4.82. The first-order valence-electron chi connectivity index (χ1n) is 2.96. The molecule has 0 aromatic heterocycles. The zero-order valence-corrected chi connectivity index (χ0v) is 4.35. The van der Waals surface area contributed by atoms with E-state index in [1.54, 1.807) is 0 Å². The van der Waals surface area contributed by atoms with Crippen LogP contribution in [0.4, 0.5) is 0 Å². The molecule has 2 nitrogen and oxygen atoms in total. The summed E-state index contributed by atoms with van der Waals surface area (Å²) >= 11 is 0. The number of rotatable bonds is 2. The van der Waals surface area contributed by atoms with Crippen molar-refractivity contribution in [3.63, 3.8) is 0 Å². The van der Waals surface area contributed by atoms with Crippen LogP contribution in [-0.2, 0) is 0 Å². The van der Waals surface area contributed by atoms with E-state index in [0.717, 1.165) is 6.04 Å². The van der Waals surface area contributed by atoms with Crippen LogP contribution >= 0.6 is 0 Å². The van der Waals surface area contributed by atoms with Gasteiger partial charge in [-0.15, -0.1) is 0 Å². The Bertz CT molecular complexity index is 64.1. The molecule has 2 heteroatoms. The van der Waals surface area contributed by atoms with Crippen LogP contribution in [0.2, 0.25) is 0 Å². The smallest absolute Gasteiger partial charge is 0.0273 e. The van der Waals surface area contributed by atoms with E-state index in [-0.39, 0.29) is 0 Å². The molecule has 0 atom stereocenters. The molecule has 2 aliphatic rings. The number of nitrogens with one attached hydrogen (secondary N) is 1. The zero-order chi connectivity index (χ0) is 4.69. The monoisotopic (exact) mass is 98.1 g/mol.